The lowest BCUT2D eigenvalue weighted by Crippen LogP contribution is -2.16. The molecule has 0 aliphatic carbocycles. The van der Waals surface area contributed by atoms with Gasteiger partial charge in [0.05, 0.1) is 18.4 Å². The molecular formula is C22H21ClFN5O3S. The first kappa shape index (κ1) is 23.2. The van der Waals surface area contributed by atoms with Crippen molar-refractivity contribution in [3.8, 4) is 17.1 Å². The van der Waals surface area contributed by atoms with Gasteiger partial charge in [0.25, 0.3) is 0 Å². The molecule has 2 aromatic heterocycles. The second kappa shape index (κ2) is 10.8. The van der Waals surface area contributed by atoms with E-state index < -0.39 is 5.82 Å². The van der Waals surface area contributed by atoms with Crippen LogP contribution in [-0.4, -0.2) is 38.6 Å². The summed E-state index contributed by atoms with van der Waals surface area (Å²) in [5.74, 6) is 1.56. The fourth-order valence-electron chi connectivity index (χ4n) is 3.15. The van der Waals surface area contributed by atoms with E-state index in [1.54, 1.807) is 37.4 Å². The van der Waals surface area contributed by atoms with E-state index in [9.17, 15) is 4.39 Å². The molecule has 0 saturated heterocycles. The highest BCUT2D eigenvalue weighted by molar-refractivity contribution is 7.98. The van der Waals surface area contributed by atoms with E-state index in [0.29, 0.717) is 40.1 Å². The Morgan fingerprint density at radius 1 is 1.18 bits per heavy atom. The van der Waals surface area contributed by atoms with Gasteiger partial charge in [-0.25, -0.2) is 4.39 Å². The van der Waals surface area contributed by atoms with E-state index in [2.05, 4.69) is 20.3 Å². The van der Waals surface area contributed by atoms with Crippen LogP contribution in [0.25, 0.3) is 11.4 Å². The summed E-state index contributed by atoms with van der Waals surface area (Å²) in [7, 11) is 1.62. The van der Waals surface area contributed by atoms with Crippen LogP contribution in [-0.2, 0) is 17.1 Å². The summed E-state index contributed by atoms with van der Waals surface area (Å²) in [6, 6.07) is 13.4. The van der Waals surface area contributed by atoms with Crippen molar-refractivity contribution in [1.82, 2.24) is 24.9 Å². The quantitative estimate of drug-likeness (QED) is 0.281. The van der Waals surface area contributed by atoms with Crippen LogP contribution in [0, 0.1) is 5.82 Å². The Morgan fingerprint density at radius 2 is 2.03 bits per heavy atom. The smallest absolute Gasteiger partial charge is 0.237 e. The second-order valence-electron chi connectivity index (χ2n) is 7.10. The summed E-state index contributed by atoms with van der Waals surface area (Å²) in [4.78, 5) is 4.43. The molecule has 0 saturated carbocycles. The Hall–Kier alpha value is -2.95. The average molecular weight is 490 g/mol. The maximum absolute atomic E-state index is 13.9. The number of aromatic nitrogens is 5. The molecule has 0 bridgehead atoms. The first-order valence-electron chi connectivity index (χ1n) is 10.1. The molecule has 2 heterocycles. The molecule has 33 heavy (non-hydrogen) atoms. The van der Waals surface area contributed by atoms with Gasteiger partial charge in [0.2, 0.25) is 11.7 Å². The van der Waals surface area contributed by atoms with Crippen molar-refractivity contribution in [2.24, 2.45) is 0 Å². The second-order valence-corrected chi connectivity index (χ2v) is 8.48. The molecule has 0 spiro atoms. The predicted molar refractivity (Wildman–Crippen MR) is 122 cm³/mol. The summed E-state index contributed by atoms with van der Waals surface area (Å²) < 4.78 is 32.1. The highest BCUT2D eigenvalue weighted by atomic mass is 35.5. The van der Waals surface area contributed by atoms with Crippen molar-refractivity contribution in [3.63, 3.8) is 0 Å². The topological polar surface area (TPSA) is 88.1 Å². The van der Waals surface area contributed by atoms with Gasteiger partial charge in [0.15, 0.2) is 22.5 Å². The largest absolute Gasteiger partial charge is 0.483 e. The Kier molecular flexibility index (Phi) is 7.58. The average Bonchev–Trinajstić information content (AvgIpc) is 3.44. The molecule has 0 N–H and O–H groups in total. The van der Waals surface area contributed by atoms with Gasteiger partial charge in [-0.05, 0) is 31.2 Å². The van der Waals surface area contributed by atoms with E-state index in [4.69, 9.17) is 25.6 Å². The molecule has 0 radical (unpaired) electrons. The van der Waals surface area contributed by atoms with Crippen molar-refractivity contribution in [2.45, 2.75) is 30.5 Å². The van der Waals surface area contributed by atoms with Gasteiger partial charge >= 0.3 is 0 Å². The number of hydrogen-bond acceptors (Lipinski definition) is 8. The van der Waals surface area contributed by atoms with Gasteiger partial charge in [0, 0.05) is 17.7 Å². The molecule has 8 nitrogen and oxygen atoms in total. The Labute approximate surface area is 199 Å². The molecule has 0 amide bonds. The van der Waals surface area contributed by atoms with Gasteiger partial charge in [-0.3, -0.25) is 4.57 Å². The molecule has 172 valence electrons. The zero-order chi connectivity index (χ0) is 23.2. The minimum absolute atomic E-state index is 0.0576. The van der Waals surface area contributed by atoms with Crippen molar-refractivity contribution in [3.05, 3.63) is 71.1 Å². The summed E-state index contributed by atoms with van der Waals surface area (Å²) in [6.07, 6.45) is 0. The van der Waals surface area contributed by atoms with Crippen molar-refractivity contribution < 1.29 is 18.4 Å². The van der Waals surface area contributed by atoms with Crippen LogP contribution in [0.3, 0.4) is 0 Å². The van der Waals surface area contributed by atoms with E-state index in [0.717, 1.165) is 5.56 Å². The van der Waals surface area contributed by atoms with Gasteiger partial charge < -0.3 is 14.0 Å². The normalized spacial score (nSPS) is 12.1. The third-order valence-corrected chi connectivity index (χ3v) is 5.82. The Morgan fingerprint density at radius 3 is 2.82 bits per heavy atom. The van der Waals surface area contributed by atoms with Gasteiger partial charge in [-0.1, -0.05) is 52.8 Å². The van der Waals surface area contributed by atoms with Crippen LogP contribution in [0.4, 0.5) is 4.39 Å². The van der Waals surface area contributed by atoms with Crippen LogP contribution >= 0.6 is 23.4 Å². The predicted octanol–water partition coefficient (Wildman–Crippen LogP) is 5.20. The number of para-hydroxylation sites is 1. The standard InChI is InChI=1S/C22H21ClFN5O3S/c1-14(11-30-2)29-19(12-31-18-9-4-3-8-17(18)24)26-27-22(29)33-13-20-25-21(28-32-20)15-6-5-7-16(23)10-15/h3-10,14H,11-13H2,1-2H3/t14-/m0/s1. The third kappa shape index (κ3) is 5.70. The highest BCUT2D eigenvalue weighted by Crippen LogP contribution is 2.27. The summed E-state index contributed by atoms with van der Waals surface area (Å²) in [5, 5.41) is 13.8. The zero-order valence-corrected chi connectivity index (χ0v) is 19.5. The van der Waals surface area contributed by atoms with Crippen molar-refractivity contribution >= 4 is 23.4 Å². The molecule has 1 atom stereocenters. The van der Waals surface area contributed by atoms with Crippen LogP contribution < -0.4 is 4.74 Å². The molecular weight excluding hydrogens is 469 g/mol. The first-order valence-corrected chi connectivity index (χ1v) is 11.4. The lowest BCUT2D eigenvalue weighted by Gasteiger charge is -2.17. The van der Waals surface area contributed by atoms with Crippen molar-refractivity contribution in [1.29, 1.82) is 0 Å². The molecule has 0 unspecified atom stereocenters. The molecule has 2 aromatic carbocycles. The Balaban J connectivity index is 1.48. The minimum atomic E-state index is -0.435. The van der Waals surface area contributed by atoms with Crippen molar-refractivity contribution in [2.75, 3.05) is 13.7 Å². The lowest BCUT2D eigenvalue weighted by molar-refractivity contribution is 0.154. The van der Waals surface area contributed by atoms with Crippen LogP contribution in [0.15, 0.2) is 58.2 Å². The van der Waals surface area contributed by atoms with Crippen LogP contribution in [0.1, 0.15) is 24.7 Å². The monoisotopic (exact) mass is 489 g/mol. The SMILES string of the molecule is COC[C@H](C)n1c(COc2ccccc2F)nnc1SCc1nc(-c2cccc(Cl)c2)no1. The molecule has 0 aliphatic heterocycles. The summed E-state index contributed by atoms with van der Waals surface area (Å²) >= 11 is 7.44. The van der Waals surface area contributed by atoms with Crippen LogP contribution in [0.5, 0.6) is 5.75 Å². The molecule has 4 aromatic rings. The summed E-state index contributed by atoms with van der Waals surface area (Å²) in [6.45, 7) is 2.48. The van der Waals surface area contributed by atoms with E-state index in [1.807, 2.05) is 23.6 Å². The fraction of sp³-hybridized carbons (Fsp3) is 0.273. The molecule has 0 aliphatic rings. The van der Waals surface area contributed by atoms with E-state index >= 15 is 0 Å². The van der Waals surface area contributed by atoms with E-state index in [1.165, 1.54) is 17.8 Å². The van der Waals surface area contributed by atoms with E-state index in [-0.39, 0.29) is 18.4 Å². The lowest BCUT2D eigenvalue weighted by atomic mass is 10.2. The minimum Gasteiger partial charge on any atom is -0.483 e. The number of ether oxygens (including phenoxy) is 2. The molecule has 0 fully saturated rings. The number of methoxy groups -OCH3 is 1. The third-order valence-electron chi connectivity index (χ3n) is 4.65. The first-order chi connectivity index (χ1) is 16.0. The zero-order valence-electron chi connectivity index (χ0n) is 17.9. The molecule has 4 rings (SSSR count). The summed E-state index contributed by atoms with van der Waals surface area (Å²) in [5.41, 5.74) is 0.770. The van der Waals surface area contributed by atoms with Gasteiger partial charge in [-0.2, -0.15) is 4.98 Å². The maximum atomic E-state index is 13.9. The number of halogens is 2. The number of benzene rings is 2. The highest BCUT2D eigenvalue weighted by Gasteiger charge is 2.20. The van der Waals surface area contributed by atoms with Crippen LogP contribution in [0.2, 0.25) is 5.02 Å². The Bertz CT molecular complexity index is 1220. The van der Waals surface area contributed by atoms with Gasteiger partial charge in [0.1, 0.15) is 6.61 Å². The number of rotatable bonds is 10. The number of nitrogens with zero attached hydrogens (tertiary/aromatic N) is 5. The fourth-order valence-corrected chi connectivity index (χ4v) is 4.23. The number of thioether (sulfide) groups is 1. The van der Waals surface area contributed by atoms with Gasteiger partial charge in [-0.15, -0.1) is 10.2 Å². The number of hydrogen-bond donors (Lipinski definition) is 0. The molecule has 11 heteroatoms. The maximum Gasteiger partial charge on any atom is 0.237 e.